The molecule has 354 valence electrons. The van der Waals surface area contributed by atoms with Crippen LogP contribution in [0.4, 0.5) is 62.6 Å². The van der Waals surface area contributed by atoms with Crippen LogP contribution in [-0.2, 0) is 25.7 Å². The van der Waals surface area contributed by atoms with E-state index in [1.807, 2.05) is 0 Å². The average molecular weight is 938 g/mol. The molecule has 0 saturated heterocycles. The lowest BCUT2D eigenvalue weighted by Crippen LogP contribution is -2.36. The summed E-state index contributed by atoms with van der Waals surface area (Å²) in [4.78, 5) is 13.0. The maximum atomic E-state index is 6.95. The molecule has 0 amide bonds. The molecule has 0 aromatic heterocycles. The summed E-state index contributed by atoms with van der Waals surface area (Å²) in [6, 6.07) is 77.5. The number of hydrogen-bond donors (Lipinski definition) is 0. The predicted octanol–water partition coefficient (Wildman–Crippen LogP) is 17.0. The molecule has 4 aliphatic heterocycles. The molecule has 0 atom stereocenters. The molecule has 0 aliphatic carbocycles. The zero-order valence-corrected chi connectivity index (χ0v) is 40.8. The summed E-state index contributed by atoms with van der Waals surface area (Å²) in [5.41, 5.74) is 21.2. The summed E-state index contributed by atoms with van der Waals surface area (Å²) >= 11 is 0. The molecule has 0 fully saturated rings. The fourth-order valence-electron chi connectivity index (χ4n) is 12.2. The van der Waals surface area contributed by atoms with Gasteiger partial charge in [-0.1, -0.05) is 127 Å². The van der Waals surface area contributed by atoms with Gasteiger partial charge in [-0.25, -0.2) is 0 Å². The molecule has 0 saturated carbocycles. The molecule has 9 aromatic carbocycles. The van der Waals surface area contributed by atoms with Crippen LogP contribution in [0.15, 0.2) is 212 Å². The molecule has 4 aliphatic rings. The van der Waals surface area contributed by atoms with Crippen molar-refractivity contribution in [3.8, 4) is 22.6 Å². The number of rotatable bonds is 12. The molecule has 6 nitrogen and oxygen atoms in total. The van der Waals surface area contributed by atoms with Crippen molar-refractivity contribution in [3.05, 3.63) is 235 Å². The SMILES string of the molecule is c1ccc(Oc2cc(N(c3ccccc3)c3cccc(N(c4ccccc4-c4ccccc4)c4cc(N(c5ccccc5)c5ccccc5)c5c6c4CCCN6CCC5)c3)c3c4c2CCCN4CCC3)cc1. The van der Waals surface area contributed by atoms with Gasteiger partial charge in [-0.15, -0.1) is 0 Å². The summed E-state index contributed by atoms with van der Waals surface area (Å²) in [6.07, 6.45) is 8.54. The third-order valence-corrected chi connectivity index (χ3v) is 15.3. The van der Waals surface area contributed by atoms with E-state index in [0.29, 0.717) is 0 Å². The van der Waals surface area contributed by atoms with Crippen molar-refractivity contribution >= 4 is 62.6 Å². The first-order chi connectivity index (χ1) is 35.7. The van der Waals surface area contributed by atoms with Crippen LogP contribution in [0.3, 0.4) is 0 Å². The fraction of sp³-hybridized carbons (Fsp3) is 0.182. The molecule has 6 heteroatoms. The Balaban J connectivity index is 1.07. The second kappa shape index (κ2) is 19.2. The van der Waals surface area contributed by atoms with Crippen LogP contribution in [0, 0.1) is 0 Å². The Morgan fingerprint density at radius 3 is 1.28 bits per heavy atom. The van der Waals surface area contributed by atoms with E-state index in [4.69, 9.17) is 4.74 Å². The lowest BCUT2D eigenvalue weighted by Gasteiger charge is -2.42. The molecule has 0 N–H and O–H groups in total. The maximum Gasteiger partial charge on any atom is 0.134 e. The number of ether oxygens (including phenoxy) is 1. The van der Waals surface area contributed by atoms with E-state index in [1.165, 1.54) is 61.8 Å². The maximum absolute atomic E-state index is 6.95. The number of nitrogens with zero attached hydrogens (tertiary/aromatic N) is 5. The first kappa shape index (κ1) is 43.8. The van der Waals surface area contributed by atoms with Crippen LogP contribution in [-0.4, -0.2) is 26.2 Å². The second-order valence-electron chi connectivity index (χ2n) is 19.6. The Labute approximate surface area is 424 Å². The predicted molar refractivity (Wildman–Crippen MR) is 300 cm³/mol. The summed E-state index contributed by atoms with van der Waals surface area (Å²) in [6.45, 7) is 4.27. The summed E-state index contributed by atoms with van der Waals surface area (Å²) in [7, 11) is 0. The number of benzene rings is 9. The van der Waals surface area contributed by atoms with Crippen LogP contribution in [0.5, 0.6) is 11.5 Å². The highest BCUT2D eigenvalue weighted by atomic mass is 16.5. The minimum atomic E-state index is 0.860. The Hall–Kier alpha value is -8.22. The summed E-state index contributed by atoms with van der Waals surface area (Å²) < 4.78 is 6.95. The van der Waals surface area contributed by atoms with E-state index >= 15 is 0 Å². The molecular weight excluding hydrogens is 879 g/mol. The van der Waals surface area contributed by atoms with E-state index in [1.54, 1.807) is 0 Å². The van der Waals surface area contributed by atoms with E-state index in [2.05, 4.69) is 237 Å². The first-order valence-corrected chi connectivity index (χ1v) is 26.2. The lowest BCUT2D eigenvalue weighted by atomic mass is 9.87. The first-order valence-electron chi connectivity index (χ1n) is 26.2. The van der Waals surface area contributed by atoms with E-state index in [-0.39, 0.29) is 0 Å². The van der Waals surface area contributed by atoms with Crippen LogP contribution in [0.2, 0.25) is 0 Å². The van der Waals surface area contributed by atoms with Crippen molar-refractivity contribution in [2.45, 2.75) is 51.4 Å². The highest BCUT2D eigenvalue weighted by molar-refractivity contribution is 5.96. The van der Waals surface area contributed by atoms with Gasteiger partial charge in [-0.2, -0.15) is 0 Å². The number of anilines is 11. The minimum absolute atomic E-state index is 0.860. The van der Waals surface area contributed by atoms with Crippen molar-refractivity contribution in [1.29, 1.82) is 0 Å². The van der Waals surface area contributed by atoms with Gasteiger partial charge in [0.25, 0.3) is 0 Å². The van der Waals surface area contributed by atoms with Gasteiger partial charge in [0.15, 0.2) is 0 Å². The van der Waals surface area contributed by atoms with Crippen molar-refractivity contribution in [2.24, 2.45) is 0 Å². The third-order valence-electron chi connectivity index (χ3n) is 15.3. The average Bonchev–Trinajstić information content (AvgIpc) is 3.45. The van der Waals surface area contributed by atoms with Gasteiger partial charge in [0.2, 0.25) is 0 Å². The zero-order valence-electron chi connectivity index (χ0n) is 40.8. The molecule has 4 heterocycles. The molecule has 0 spiro atoms. The molecule has 13 rings (SSSR count). The molecule has 0 radical (unpaired) electrons. The summed E-state index contributed by atoms with van der Waals surface area (Å²) in [5, 5.41) is 0. The second-order valence-corrected chi connectivity index (χ2v) is 19.6. The fourth-order valence-corrected chi connectivity index (χ4v) is 12.2. The van der Waals surface area contributed by atoms with Gasteiger partial charge in [0, 0.05) is 99.9 Å². The molecule has 72 heavy (non-hydrogen) atoms. The van der Waals surface area contributed by atoms with Crippen LogP contribution in [0.25, 0.3) is 11.1 Å². The van der Waals surface area contributed by atoms with Gasteiger partial charge in [0.1, 0.15) is 11.5 Å². The highest BCUT2D eigenvalue weighted by Gasteiger charge is 2.35. The van der Waals surface area contributed by atoms with Crippen LogP contribution >= 0.6 is 0 Å². The third kappa shape index (κ3) is 8.01. The highest BCUT2D eigenvalue weighted by Crippen LogP contribution is 2.55. The molecular formula is C66H59N5O. The molecule has 0 unspecified atom stereocenters. The van der Waals surface area contributed by atoms with E-state index in [9.17, 15) is 0 Å². The molecule has 0 bridgehead atoms. The van der Waals surface area contributed by atoms with Crippen molar-refractivity contribution in [1.82, 2.24) is 0 Å². The Morgan fingerprint density at radius 1 is 0.319 bits per heavy atom. The van der Waals surface area contributed by atoms with Gasteiger partial charge in [-0.3, -0.25) is 0 Å². The van der Waals surface area contributed by atoms with Crippen molar-refractivity contribution in [2.75, 3.05) is 50.7 Å². The van der Waals surface area contributed by atoms with E-state index < -0.39 is 0 Å². The van der Waals surface area contributed by atoms with Crippen molar-refractivity contribution in [3.63, 3.8) is 0 Å². The lowest BCUT2D eigenvalue weighted by molar-refractivity contribution is 0.471. The largest absolute Gasteiger partial charge is 0.457 e. The monoisotopic (exact) mass is 937 g/mol. The number of hydrogen-bond acceptors (Lipinski definition) is 6. The Morgan fingerprint density at radius 2 is 0.722 bits per heavy atom. The van der Waals surface area contributed by atoms with Gasteiger partial charge in [-0.05, 0) is 136 Å². The Kier molecular flexibility index (Phi) is 11.7. The smallest absolute Gasteiger partial charge is 0.134 e. The van der Waals surface area contributed by atoms with Gasteiger partial charge in [0.05, 0.1) is 22.7 Å². The quantitative estimate of drug-likeness (QED) is 0.121. The van der Waals surface area contributed by atoms with E-state index in [0.717, 1.165) is 123 Å². The standard InChI is InChI=1S/C66H59N5O/c1-6-23-48(24-7-1)55-35-16-17-40-60(55)71(62-46-61(56-36-19-41-67-42-20-37-57(62)65(56)67)69(49-25-8-2-9-26-49)50-27-10-3-11-28-50)53-32-18-31-52(45-53)70(51-29-12-4-13-30-51)63-47-64(72-54-33-14-5-15-34-54)59-39-22-44-68-43-21-38-58(63)66(59)68/h1-18,23-35,40,45-47H,19-22,36-39,41-44H2. The van der Waals surface area contributed by atoms with Crippen molar-refractivity contribution < 1.29 is 4.74 Å². The van der Waals surface area contributed by atoms with Crippen LogP contribution < -0.4 is 29.2 Å². The van der Waals surface area contributed by atoms with Gasteiger partial charge >= 0.3 is 0 Å². The normalized spacial score (nSPS) is 14.5. The minimum Gasteiger partial charge on any atom is -0.457 e. The zero-order chi connectivity index (χ0) is 47.8. The van der Waals surface area contributed by atoms with Crippen LogP contribution in [0.1, 0.15) is 47.9 Å². The Bertz CT molecular complexity index is 3320. The molecule has 9 aromatic rings. The topological polar surface area (TPSA) is 25.4 Å². The van der Waals surface area contributed by atoms with Gasteiger partial charge < -0.3 is 29.2 Å². The summed E-state index contributed by atoms with van der Waals surface area (Å²) in [5.74, 6) is 1.81. The number of para-hydroxylation sites is 5.